The Labute approximate surface area is 123 Å². The molecular formula is C17H17N3O. The van der Waals surface area contributed by atoms with Gasteiger partial charge in [-0.1, -0.05) is 29.8 Å². The lowest BCUT2D eigenvalue weighted by molar-refractivity contribution is -0.115. The molecule has 0 aliphatic carbocycles. The van der Waals surface area contributed by atoms with E-state index in [0.717, 1.165) is 22.3 Å². The van der Waals surface area contributed by atoms with E-state index in [0.29, 0.717) is 5.82 Å². The summed E-state index contributed by atoms with van der Waals surface area (Å²) in [5.41, 5.74) is 4.93. The third-order valence-electron chi connectivity index (χ3n) is 3.42. The summed E-state index contributed by atoms with van der Waals surface area (Å²) >= 11 is 0. The largest absolute Gasteiger partial charge is 0.342 e. The van der Waals surface area contributed by atoms with Crippen LogP contribution in [0.2, 0.25) is 0 Å². The highest BCUT2D eigenvalue weighted by molar-refractivity contribution is 5.93. The van der Waals surface area contributed by atoms with Crippen LogP contribution in [0.15, 0.2) is 42.5 Å². The molecule has 106 valence electrons. The van der Waals surface area contributed by atoms with Gasteiger partial charge in [-0.15, -0.1) is 0 Å². The van der Waals surface area contributed by atoms with E-state index < -0.39 is 0 Å². The zero-order valence-corrected chi connectivity index (χ0v) is 12.1. The Bertz CT molecular complexity index is 772. The number of H-pyrrole nitrogens is 1. The normalized spacial score (nSPS) is 10.8. The quantitative estimate of drug-likeness (QED) is 0.772. The fraction of sp³-hybridized carbons (Fsp3) is 0.176. The molecule has 0 aliphatic heterocycles. The number of carbonyl (C=O) groups is 1. The molecule has 1 amide bonds. The third-order valence-corrected chi connectivity index (χ3v) is 3.42. The van der Waals surface area contributed by atoms with E-state index in [4.69, 9.17) is 0 Å². The molecule has 4 heteroatoms. The van der Waals surface area contributed by atoms with Gasteiger partial charge in [0.1, 0.15) is 5.82 Å². The number of imidazole rings is 1. The molecule has 3 aromatic rings. The molecule has 0 atom stereocenters. The van der Waals surface area contributed by atoms with Crippen molar-refractivity contribution in [3.05, 3.63) is 59.4 Å². The predicted octanol–water partition coefficient (Wildman–Crippen LogP) is 3.36. The molecule has 0 bridgehead atoms. The summed E-state index contributed by atoms with van der Waals surface area (Å²) in [5.74, 6) is 0.611. The van der Waals surface area contributed by atoms with E-state index in [-0.39, 0.29) is 12.3 Å². The van der Waals surface area contributed by atoms with Crippen molar-refractivity contribution in [3.63, 3.8) is 0 Å². The van der Waals surface area contributed by atoms with Crippen molar-refractivity contribution < 1.29 is 4.79 Å². The molecule has 0 radical (unpaired) electrons. The van der Waals surface area contributed by atoms with Gasteiger partial charge in [0.25, 0.3) is 0 Å². The third kappa shape index (κ3) is 2.94. The molecule has 1 heterocycles. The van der Waals surface area contributed by atoms with E-state index in [2.05, 4.69) is 21.4 Å². The van der Waals surface area contributed by atoms with Crippen molar-refractivity contribution in [2.75, 3.05) is 5.32 Å². The molecule has 3 rings (SSSR count). The summed E-state index contributed by atoms with van der Waals surface area (Å²) in [6.45, 7) is 4.02. The minimum atomic E-state index is -0.0685. The van der Waals surface area contributed by atoms with Crippen molar-refractivity contribution in [3.8, 4) is 0 Å². The van der Waals surface area contributed by atoms with Crippen LogP contribution in [-0.4, -0.2) is 15.9 Å². The SMILES string of the molecule is Cc1ccc(NC(=O)Cc2nc3ccccc3[nH]2)c(C)c1. The summed E-state index contributed by atoms with van der Waals surface area (Å²) in [4.78, 5) is 19.7. The second-order valence-electron chi connectivity index (χ2n) is 5.24. The van der Waals surface area contributed by atoms with E-state index in [1.165, 1.54) is 5.56 Å². The summed E-state index contributed by atoms with van der Waals surface area (Å²) in [7, 11) is 0. The smallest absolute Gasteiger partial charge is 0.231 e. The Kier molecular flexibility index (Phi) is 3.44. The number of benzene rings is 2. The highest BCUT2D eigenvalue weighted by atomic mass is 16.1. The Balaban J connectivity index is 1.74. The Hall–Kier alpha value is -2.62. The molecule has 0 spiro atoms. The first-order chi connectivity index (χ1) is 10.1. The Morgan fingerprint density at radius 3 is 2.76 bits per heavy atom. The lowest BCUT2D eigenvalue weighted by Crippen LogP contribution is -2.15. The lowest BCUT2D eigenvalue weighted by atomic mass is 10.1. The van der Waals surface area contributed by atoms with Crippen LogP contribution in [0.4, 0.5) is 5.69 Å². The number of rotatable bonds is 3. The van der Waals surface area contributed by atoms with Crippen LogP contribution >= 0.6 is 0 Å². The van der Waals surface area contributed by atoms with Gasteiger partial charge in [0.15, 0.2) is 0 Å². The molecule has 1 aromatic heterocycles. The average molecular weight is 279 g/mol. The zero-order valence-electron chi connectivity index (χ0n) is 12.1. The van der Waals surface area contributed by atoms with Crippen molar-refractivity contribution >= 4 is 22.6 Å². The van der Waals surface area contributed by atoms with Crippen molar-refractivity contribution in [1.82, 2.24) is 9.97 Å². The molecule has 4 nitrogen and oxygen atoms in total. The number of nitrogens with one attached hydrogen (secondary N) is 2. The molecule has 21 heavy (non-hydrogen) atoms. The van der Waals surface area contributed by atoms with Gasteiger partial charge >= 0.3 is 0 Å². The second-order valence-corrected chi connectivity index (χ2v) is 5.24. The number of hydrogen-bond donors (Lipinski definition) is 2. The van der Waals surface area contributed by atoms with Crippen LogP contribution in [0, 0.1) is 13.8 Å². The summed E-state index contributed by atoms with van der Waals surface area (Å²) in [6, 6.07) is 13.7. The maximum absolute atomic E-state index is 12.1. The van der Waals surface area contributed by atoms with E-state index in [1.54, 1.807) is 0 Å². The summed E-state index contributed by atoms with van der Waals surface area (Å²) in [6.07, 6.45) is 0.238. The second kappa shape index (κ2) is 5.40. The minimum Gasteiger partial charge on any atom is -0.342 e. The van der Waals surface area contributed by atoms with Gasteiger partial charge < -0.3 is 10.3 Å². The number of aromatic nitrogens is 2. The molecular weight excluding hydrogens is 262 g/mol. The fourth-order valence-corrected chi connectivity index (χ4v) is 2.39. The Morgan fingerprint density at radius 1 is 1.19 bits per heavy atom. The number of aryl methyl sites for hydroxylation is 2. The maximum atomic E-state index is 12.1. The molecule has 2 aromatic carbocycles. The van der Waals surface area contributed by atoms with Gasteiger partial charge in [-0.3, -0.25) is 4.79 Å². The number of hydrogen-bond acceptors (Lipinski definition) is 2. The van der Waals surface area contributed by atoms with Crippen LogP contribution in [0.3, 0.4) is 0 Å². The van der Waals surface area contributed by atoms with Crippen molar-refractivity contribution in [1.29, 1.82) is 0 Å². The van der Waals surface area contributed by atoms with Gasteiger partial charge in [-0.2, -0.15) is 0 Å². The van der Waals surface area contributed by atoms with Crippen molar-refractivity contribution in [2.24, 2.45) is 0 Å². The molecule has 0 saturated heterocycles. The topological polar surface area (TPSA) is 57.8 Å². The van der Waals surface area contributed by atoms with Gasteiger partial charge in [0.2, 0.25) is 5.91 Å². The van der Waals surface area contributed by atoms with Crippen LogP contribution < -0.4 is 5.32 Å². The molecule has 0 saturated carbocycles. The van der Waals surface area contributed by atoms with E-state index in [1.807, 2.05) is 50.2 Å². The highest BCUT2D eigenvalue weighted by Gasteiger charge is 2.09. The van der Waals surface area contributed by atoms with Gasteiger partial charge in [-0.25, -0.2) is 4.98 Å². The number of carbonyl (C=O) groups excluding carboxylic acids is 1. The highest BCUT2D eigenvalue weighted by Crippen LogP contribution is 2.16. The number of anilines is 1. The molecule has 0 unspecified atom stereocenters. The van der Waals surface area contributed by atoms with Crippen LogP contribution in [0.1, 0.15) is 17.0 Å². The number of fused-ring (bicyclic) bond motifs is 1. The van der Waals surface area contributed by atoms with Crippen LogP contribution in [0.25, 0.3) is 11.0 Å². The maximum Gasteiger partial charge on any atom is 0.231 e. The summed E-state index contributed by atoms with van der Waals surface area (Å²) in [5, 5.41) is 2.93. The average Bonchev–Trinajstić information content (AvgIpc) is 2.84. The standard InChI is InChI=1S/C17H17N3O/c1-11-7-8-13(12(2)9-11)20-17(21)10-16-18-14-5-3-4-6-15(14)19-16/h3-9H,10H2,1-2H3,(H,18,19)(H,20,21). The fourth-order valence-electron chi connectivity index (χ4n) is 2.39. The van der Waals surface area contributed by atoms with Gasteiger partial charge in [-0.05, 0) is 37.6 Å². The number of nitrogens with zero attached hydrogens (tertiary/aromatic N) is 1. The predicted molar refractivity (Wildman–Crippen MR) is 84.3 cm³/mol. The zero-order chi connectivity index (χ0) is 14.8. The lowest BCUT2D eigenvalue weighted by Gasteiger charge is -2.08. The van der Waals surface area contributed by atoms with E-state index >= 15 is 0 Å². The number of amides is 1. The first kappa shape index (κ1) is 13.4. The van der Waals surface area contributed by atoms with Gasteiger partial charge in [0.05, 0.1) is 17.5 Å². The number of aromatic amines is 1. The van der Waals surface area contributed by atoms with Gasteiger partial charge in [0, 0.05) is 5.69 Å². The first-order valence-corrected chi connectivity index (χ1v) is 6.92. The van der Waals surface area contributed by atoms with Crippen LogP contribution in [-0.2, 0) is 11.2 Å². The number of para-hydroxylation sites is 2. The summed E-state index contributed by atoms with van der Waals surface area (Å²) < 4.78 is 0. The Morgan fingerprint density at radius 2 is 2.00 bits per heavy atom. The van der Waals surface area contributed by atoms with Crippen LogP contribution in [0.5, 0.6) is 0 Å². The van der Waals surface area contributed by atoms with E-state index in [9.17, 15) is 4.79 Å². The molecule has 2 N–H and O–H groups in total. The monoisotopic (exact) mass is 279 g/mol. The first-order valence-electron chi connectivity index (χ1n) is 6.92. The van der Waals surface area contributed by atoms with Crippen molar-refractivity contribution in [2.45, 2.75) is 20.3 Å². The molecule has 0 fully saturated rings. The molecule has 0 aliphatic rings. The minimum absolute atomic E-state index is 0.0685.